The van der Waals surface area contributed by atoms with Crippen LogP contribution in [0, 0.1) is 11.7 Å². The second-order valence-electron chi connectivity index (χ2n) is 6.31. The van der Waals surface area contributed by atoms with Crippen LogP contribution >= 0.6 is 12.4 Å². The van der Waals surface area contributed by atoms with Crippen LogP contribution in [0.5, 0.6) is 5.75 Å². The van der Waals surface area contributed by atoms with Gasteiger partial charge < -0.3 is 20.1 Å². The minimum Gasteiger partial charge on any atom is -0.434 e. The molecule has 3 unspecified atom stereocenters. The van der Waals surface area contributed by atoms with Gasteiger partial charge >= 0.3 is 6.61 Å². The molecule has 25 heavy (non-hydrogen) atoms. The monoisotopic (exact) mass is 380 g/mol. The summed E-state index contributed by atoms with van der Waals surface area (Å²) in [6, 6.07) is 4.50. The van der Waals surface area contributed by atoms with Crippen molar-refractivity contribution in [3.05, 3.63) is 29.6 Å². The summed E-state index contributed by atoms with van der Waals surface area (Å²) in [5.74, 6) is -0.239. The maximum absolute atomic E-state index is 14.0. The first kappa shape index (κ1) is 20.3. The lowest BCUT2D eigenvalue weighted by Crippen LogP contribution is -2.50. The van der Waals surface area contributed by atoms with Gasteiger partial charge in [0, 0.05) is 30.7 Å². The van der Waals surface area contributed by atoms with Gasteiger partial charge in [-0.2, -0.15) is 8.78 Å². The van der Waals surface area contributed by atoms with E-state index in [4.69, 9.17) is 4.74 Å². The van der Waals surface area contributed by atoms with Gasteiger partial charge in [0.15, 0.2) is 0 Å². The number of halogens is 4. The van der Waals surface area contributed by atoms with Gasteiger partial charge in [-0.15, -0.1) is 12.4 Å². The van der Waals surface area contributed by atoms with Gasteiger partial charge in [0.05, 0.1) is 13.2 Å². The van der Waals surface area contributed by atoms with E-state index in [1.165, 1.54) is 18.2 Å². The maximum Gasteiger partial charge on any atom is 0.387 e. The van der Waals surface area contributed by atoms with Crippen LogP contribution in [0.4, 0.5) is 13.2 Å². The number of nitrogens with one attached hydrogen (secondary N) is 2. The molecule has 4 nitrogen and oxygen atoms in total. The molecule has 3 rings (SSSR count). The highest BCUT2D eigenvalue weighted by Gasteiger charge is 2.34. The zero-order valence-electron chi connectivity index (χ0n) is 13.8. The first-order valence-electron chi connectivity index (χ1n) is 8.42. The fourth-order valence-electron chi connectivity index (χ4n) is 3.73. The largest absolute Gasteiger partial charge is 0.434 e. The molecule has 0 bridgehead atoms. The summed E-state index contributed by atoms with van der Waals surface area (Å²) in [5, 5.41) is 6.81. The van der Waals surface area contributed by atoms with Gasteiger partial charge in [-0.3, -0.25) is 0 Å². The van der Waals surface area contributed by atoms with Crippen LogP contribution in [0.1, 0.15) is 24.8 Å². The van der Waals surface area contributed by atoms with Crippen molar-refractivity contribution in [1.29, 1.82) is 0 Å². The first-order chi connectivity index (χ1) is 11.6. The Bertz CT molecular complexity index is 545. The third-order valence-corrected chi connectivity index (χ3v) is 4.87. The molecule has 2 N–H and O–H groups in total. The summed E-state index contributed by atoms with van der Waals surface area (Å²) >= 11 is 0. The Hall–Kier alpha value is -1.02. The average Bonchev–Trinajstić information content (AvgIpc) is 3.03. The average molecular weight is 381 g/mol. The standard InChI is InChI=1S/C17H23F3N2O2.ClH/c18-13-4-2-6-16(24-17(19)20)12(13)9-22-14-5-1-3-11(14)15-10-23-8-7-21-15;/h2,4,6,11,14-15,17,21-22H,1,3,5,7-10H2;1H. The maximum atomic E-state index is 14.0. The highest BCUT2D eigenvalue weighted by atomic mass is 35.5. The molecule has 3 atom stereocenters. The van der Waals surface area contributed by atoms with Crippen molar-refractivity contribution in [3.63, 3.8) is 0 Å². The summed E-state index contributed by atoms with van der Waals surface area (Å²) in [4.78, 5) is 0. The molecule has 1 aliphatic heterocycles. The summed E-state index contributed by atoms with van der Waals surface area (Å²) in [6.07, 6.45) is 3.16. The SMILES string of the molecule is Cl.Fc1cccc(OC(F)F)c1CNC1CCCC1C1COCCN1. The lowest BCUT2D eigenvalue weighted by Gasteiger charge is -2.33. The Labute approximate surface area is 151 Å². The van der Waals surface area contributed by atoms with Crippen molar-refractivity contribution >= 4 is 12.4 Å². The van der Waals surface area contributed by atoms with Crippen molar-refractivity contribution in [2.75, 3.05) is 19.8 Å². The van der Waals surface area contributed by atoms with Gasteiger partial charge in [0.25, 0.3) is 0 Å². The minimum absolute atomic E-state index is 0. The smallest absolute Gasteiger partial charge is 0.387 e. The molecule has 1 aromatic carbocycles. The molecular weight excluding hydrogens is 357 g/mol. The van der Waals surface area contributed by atoms with E-state index in [2.05, 4.69) is 15.4 Å². The number of morpholine rings is 1. The zero-order valence-corrected chi connectivity index (χ0v) is 14.7. The number of alkyl halides is 2. The summed E-state index contributed by atoms with van der Waals surface area (Å²) < 4.78 is 49.0. The van der Waals surface area contributed by atoms with Crippen molar-refractivity contribution in [1.82, 2.24) is 10.6 Å². The second kappa shape index (κ2) is 9.62. The van der Waals surface area contributed by atoms with Crippen LogP contribution in [0.2, 0.25) is 0 Å². The highest BCUT2D eigenvalue weighted by molar-refractivity contribution is 5.85. The van der Waals surface area contributed by atoms with Crippen LogP contribution in [0.15, 0.2) is 18.2 Å². The van der Waals surface area contributed by atoms with Crippen LogP contribution < -0.4 is 15.4 Å². The number of ether oxygens (including phenoxy) is 2. The second-order valence-corrected chi connectivity index (χ2v) is 6.31. The van der Waals surface area contributed by atoms with Gasteiger partial charge in [0.1, 0.15) is 11.6 Å². The Morgan fingerprint density at radius 1 is 1.32 bits per heavy atom. The number of hydrogen-bond acceptors (Lipinski definition) is 4. The Kier molecular flexibility index (Phi) is 7.81. The number of hydrogen-bond donors (Lipinski definition) is 2. The zero-order chi connectivity index (χ0) is 16.9. The summed E-state index contributed by atoms with van der Waals surface area (Å²) in [7, 11) is 0. The minimum atomic E-state index is -2.96. The molecule has 1 aromatic rings. The molecule has 1 aliphatic carbocycles. The highest BCUT2D eigenvalue weighted by Crippen LogP contribution is 2.31. The van der Waals surface area contributed by atoms with E-state index >= 15 is 0 Å². The van der Waals surface area contributed by atoms with Gasteiger partial charge in [-0.05, 0) is 30.9 Å². The van der Waals surface area contributed by atoms with Crippen molar-refractivity contribution < 1.29 is 22.6 Å². The predicted molar refractivity (Wildman–Crippen MR) is 90.9 cm³/mol. The molecule has 1 saturated carbocycles. The molecule has 0 spiro atoms. The quantitative estimate of drug-likeness (QED) is 0.796. The van der Waals surface area contributed by atoms with E-state index < -0.39 is 12.4 Å². The molecule has 1 heterocycles. The fourth-order valence-corrected chi connectivity index (χ4v) is 3.73. The van der Waals surface area contributed by atoms with E-state index in [9.17, 15) is 13.2 Å². The lowest BCUT2D eigenvalue weighted by atomic mass is 9.94. The summed E-state index contributed by atoms with van der Waals surface area (Å²) in [6.45, 7) is -0.544. The fraction of sp³-hybridized carbons (Fsp3) is 0.647. The van der Waals surface area contributed by atoms with Crippen molar-refractivity contribution in [2.24, 2.45) is 5.92 Å². The van der Waals surface area contributed by atoms with Gasteiger partial charge in [0.2, 0.25) is 0 Å². The summed E-state index contributed by atoms with van der Waals surface area (Å²) in [5.41, 5.74) is 0.149. The number of benzene rings is 1. The first-order valence-corrected chi connectivity index (χ1v) is 8.42. The van der Waals surface area contributed by atoms with E-state index in [0.717, 1.165) is 32.4 Å². The molecule has 0 radical (unpaired) electrons. The third kappa shape index (κ3) is 5.23. The molecule has 2 aliphatic rings. The lowest BCUT2D eigenvalue weighted by molar-refractivity contribution is -0.0507. The van der Waals surface area contributed by atoms with Gasteiger partial charge in [-0.25, -0.2) is 4.39 Å². The Morgan fingerprint density at radius 2 is 2.16 bits per heavy atom. The van der Waals surface area contributed by atoms with Gasteiger partial charge in [-0.1, -0.05) is 12.5 Å². The number of rotatable bonds is 6. The van der Waals surface area contributed by atoms with Crippen molar-refractivity contribution in [3.8, 4) is 5.75 Å². The van der Waals surface area contributed by atoms with Crippen LogP contribution in [-0.4, -0.2) is 38.5 Å². The van der Waals surface area contributed by atoms with E-state index in [-0.39, 0.29) is 42.3 Å². The molecule has 1 saturated heterocycles. The molecule has 2 fully saturated rings. The van der Waals surface area contributed by atoms with Crippen molar-refractivity contribution in [2.45, 2.75) is 44.5 Å². The molecule has 0 amide bonds. The normalized spacial score (nSPS) is 26.5. The van der Waals surface area contributed by atoms with Crippen LogP contribution in [-0.2, 0) is 11.3 Å². The van der Waals surface area contributed by atoms with Crippen LogP contribution in [0.25, 0.3) is 0 Å². The molecular formula is C17H24ClF3N2O2. The van der Waals surface area contributed by atoms with E-state index in [0.29, 0.717) is 12.5 Å². The molecule has 8 heteroatoms. The Balaban J connectivity index is 0.00000225. The third-order valence-electron chi connectivity index (χ3n) is 4.87. The topological polar surface area (TPSA) is 42.5 Å². The Morgan fingerprint density at radius 3 is 2.88 bits per heavy atom. The van der Waals surface area contributed by atoms with E-state index in [1.54, 1.807) is 0 Å². The van der Waals surface area contributed by atoms with E-state index in [1.807, 2.05) is 0 Å². The predicted octanol–water partition coefficient (Wildman–Crippen LogP) is 3.10. The molecule has 142 valence electrons. The molecule has 0 aromatic heterocycles. The van der Waals surface area contributed by atoms with Crippen LogP contribution in [0.3, 0.4) is 0 Å².